The van der Waals surface area contributed by atoms with E-state index in [0.29, 0.717) is 0 Å². The average Bonchev–Trinajstić information content (AvgIpc) is 2.58. The molecular formula is C9H8N2+. The van der Waals surface area contributed by atoms with Crippen molar-refractivity contribution in [2.75, 3.05) is 0 Å². The molecule has 2 rings (SSSR count). The highest BCUT2D eigenvalue weighted by Gasteiger charge is 2.14. The lowest BCUT2D eigenvalue weighted by molar-refractivity contribution is 0.887. The van der Waals surface area contributed by atoms with Crippen LogP contribution in [-0.2, 0) is 0 Å². The Balaban J connectivity index is 2.37. The van der Waals surface area contributed by atoms with E-state index < -0.39 is 0 Å². The van der Waals surface area contributed by atoms with Gasteiger partial charge in [0.2, 0.25) is 0 Å². The van der Waals surface area contributed by atoms with Crippen LogP contribution in [0.4, 0.5) is 0 Å². The van der Waals surface area contributed by atoms with Crippen molar-refractivity contribution < 1.29 is 0 Å². The highest BCUT2D eigenvalue weighted by molar-refractivity contribution is 6.08. The molecule has 1 heterocycles. The third kappa shape index (κ3) is 1.15. The van der Waals surface area contributed by atoms with E-state index in [9.17, 15) is 0 Å². The van der Waals surface area contributed by atoms with Gasteiger partial charge in [-0.05, 0) is 12.1 Å². The van der Waals surface area contributed by atoms with Crippen LogP contribution in [-0.4, -0.2) is 5.71 Å². The molecule has 1 aromatic carbocycles. The molecule has 1 radical (unpaired) electrons. The van der Waals surface area contributed by atoms with E-state index in [2.05, 4.69) is 10.5 Å². The Kier molecular flexibility index (Phi) is 1.44. The lowest BCUT2D eigenvalue weighted by atomic mass is 10.1. The summed E-state index contributed by atoms with van der Waals surface area (Å²) >= 11 is 0. The van der Waals surface area contributed by atoms with Gasteiger partial charge in [-0.1, -0.05) is 18.2 Å². The predicted molar refractivity (Wildman–Crippen MR) is 45.0 cm³/mol. The number of allylic oxidation sites excluding steroid dienone is 1. The Morgan fingerprint density at radius 3 is 2.55 bits per heavy atom. The third-order valence-electron chi connectivity index (χ3n) is 1.57. The monoisotopic (exact) mass is 144 g/mol. The molecule has 0 spiro atoms. The van der Waals surface area contributed by atoms with Gasteiger partial charge in [0.05, 0.1) is 11.8 Å². The zero-order chi connectivity index (χ0) is 7.52. The first-order valence-electron chi connectivity index (χ1n) is 3.52. The van der Waals surface area contributed by atoms with Crippen LogP contribution < -0.4 is 10.5 Å². The Morgan fingerprint density at radius 2 is 1.91 bits per heavy atom. The second-order valence-corrected chi connectivity index (χ2v) is 2.33. The summed E-state index contributed by atoms with van der Waals surface area (Å²) in [4.78, 5) is 0. The number of hydrogen-bond donors (Lipinski definition) is 1. The van der Waals surface area contributed by atoms with Crippen LogP contribution in [0.1, 0.15) is 5.56 Å². The fourth-order valence-corrected chi connectivity index (χ4v) is 1.03. The first kappa shape index (κ1) is 6.16. The van der Waals surface area contributed by atoms with E-state index >= 15 is 0 Å². The van der Waals surface area contributed by atoms with Crippen molar-refractivity contribution in [3.8, 4) is 0 Å². The van der Waals surface area contributed by atoms with Crippen LogP contribution in [0.5, 0.6) is 0 Å². The zero-order valence-corrected chi connectivity index (χ0v) is 5.99. The minimum absolute atomic E-state index is 0.991. The topological polar surface area (TPSA) is 26.1 Å². The van der Waals surface area contributed by atoms with E-state index in [-0.39, 0.29) is 0 Å². The molecule has 0 aromatic heterocycles. The summed E-state index contributed by atoms with van der Waals surface area (Å²) in [6, 6.07) is 10.1. The van der Waals surface area contributed by atoms with Crippen molar-refractivity contribution in [3.05, 3.63) is 48.2 Å². The molecule has 0 bridgehead atoms. The Morgan fingerprint density at radius 1 is 1.09 bits per heavy atom. The largest absolute Gasteiger partial charge is 0.318 e. The maximum Gasteiger partial charge on any atom is 0.318 e. The van der Waals surface area contributed by atoms with Gasteiger partial charge in [-0.3, -0.25) is 0 Å². The van der Waals surface area contributed by atoms with E-state index in [0.717, 1.165) is 11.3 Å². The molecule has 1 N–H and O–H groups in total. The number of hydrazone groups is 1. The molecule has 0 unspecified atom stereocenters. The molecule has 2 heteroatoms. The van der Waals surface area contributed by atoms with Gasteiger partial charge in [0.15, 0.2) is 5.10 Å². The van der Waals surface area contributed by atoms with Gasteiger partial charge in [0.25, 0.3) is 0 Å². The summed E-state index contributed by atoms with van der Waals surface area (Å²) in [6.45, 7) is 0. The minimum Gasteiger partial charge on any atom is -0.107 e. The SMILES string of the molecule is C1=CC(c2ccccc2)=[N+]N1. The van der Waals surface area contributed by atoms with Gasteiger partial charge in [-0.15, -0.1) is 5.43 Å². The fourth-order valence-electron chi connectivity index (χ4n) is 1.03. The van der Waals surface area contributed by atoms with Crippen LogP contribution in [0.25, 0.3) is 0 Å². The summed E-state index contributed by atoms with van der Waals surface area (Å²) in [5, 5.41) is 4.06. The van der Waals surface area contributed by atoms with Gasteiger partial charge in [-0.25, -0.2) is 0 Å². The van der Waals surface area contributed by atoms with Crippen molar-refractivity contribution in [3.63, 3.8) is 0 Å². The number of nitrogens with one attached hydrogen (secondary N) is 1. The summed E-state index contributed by atoms with van der Waals surface area (Å²) in [5.41, 5.74) is 4.92. The molecule has 0 aliphatic carbocycles. The molecule has 0 amide bonds. The van der Waals surface area contributed by atoms with Crippen molar-refractivity contribution in [2.24, 2.45) is 0 Å². The highest BCUT2D eigenvalue weighted by atomic mass is 15.3. The number of nitrogens with zero attached hydrogens (tertiary/aromatic N) is 1. The maximum atomic E-state index is 4.06. The second-order valence-electron chi connectivity index (χ2n) is 2.33. The van der Waals surface area contributed by atoms with Gasteiger partial charge < -0.3 is 0 Å². The van der Waals surface area contributed by atoms with Crippen LogP contribution in [0, 0.1) is 0 Å². The highest BCUT2D eigenvalue weighted by Crippen LogP contribution is 2.00. The second kappa shape index (κ2) is 2.58. The van der Waals surface area contributed by atoms with Crippen molar-refractivity contribution in [2.45, 2.75) is 0 Å². The molecule has 1 aliphatic heterocycles. The van der Waals surface area contributed by atoms with Crippen LogP contribution in [0.15, 0.2) is 42.6 Å². The molecule has 1 aliphatic rings. The van der Waals surface area contributed by atoms with Gasteiger partial charge in [-0.2, -0.15) is 0 Å². The van der Waals surface area contributed by atoms with Crippen molar-refractivity contribution >= 4 is 5.71 Å². The number of benzene rings is 1. The fraction of sp³-hybridized carbons (Fsp3) is 0. The van der Waals surface area contributed by atoms with E-state index in [1.54, 1.807) is 0 Å². The van der Waals surface area contributed by atoms with Crippen molar-refractivity contribution in [1.82, 2.24) is 10.5 Å². The predicted octanol–water partition coefficient (Wildman–Crippen LogP) is 0.843. The summed E-state index contributed by atoms with van der Waals surface area (Å²) in [5.74, 6) is 0. The Hall–Kier alpha value is -1.57. The van der Waals surface area contributed by atoms with Gasteiger partial charge in [0.1, 0.15) is 0 Å². The average molecular weight is 144 g/mol. The summed E-state index contributed by atoms with van der Waals surface area (Å²) < 4.78 is 0. The number of hydrogen-bond acceptors (Lipinski definition) is 2. The molecule has 0 atom stereocenters. The zero-order valence-electron chi connectivity index (χ0n) is 5.99. The normalized spacial score (nSPS) is 14.4. The van der Waals surface area contributed by atoms with Gasteiger partial charge in [0, 0.05) is 6.08 Å². The summed E-state index contributed by atoms with van der Waals surface area (Å²) in [7, 11) is 0. The maximum absolute atomic E-state index is 4.06. The van der Waals surface area contributed by atoms with Crippen LogP contribution in [0.3, 0.4) is 0 Å². The van der Waals surface area contributed by atoms with Gasteiger partial charge >= 0.3 is 5.71 Å². The lowest BCUT2D eigenvalue weighted by Crippen LogP contribution is -2.08. The molecule has 0 saturated carbocycles. The molecule has 11 heavy (non-hydrogen) atoms. The van der Waals surface area contributed by atoms with E-state index in [1.807, 2.05) is 42.6 Å². The standard InChI is InChI=1S/C9H8N2/c1-2-4-8(5-3-1)9-6-7-10-11-9/h1-7,10H/q+1. The van der Waals surface area contributed by atoms with Crippen LogP contribution in [0.2, 0.25) is 0 Å². The molecule has 53 valence electrons. The molecular weight excluding hydrogens is 136 g/mol. The first-order chi connectivity index (χ1) is 5.47. The quantitative estimate of drug-likeness (QED) is 0.621. The Labute approximate surface area is 65.2 Å². The molecule has 0 saturated heterocycles. The lowest BCUT2D eigenvalue weighted by Gasteiger charge is -1.85. The number of rotatable bonds is 1. The van der Waals surface area contributed by atoms with Crippen LogP contribution >= 0.6 is 0 Å². The third-order valence-corrected chi connectivity index (χ3v) is 1.57. The summed E-state index contributed by atoms with van der Waals surface area (Å²) in [6.07, 6.45) is 3.78. The molecule has 0 fully saturated rings. The molecule has 1 aromatic rings. The minimum atomic E-state index is 0.991. The smallest absolute Gasteiger partial charge is 0.107 e. The first-order valence-corrected chi connectivity index (χ1v) is 3.52. The van der Waals surface area contributed by atoms with E-state index in [4.69, 9.17) is 0 Å². The van der Waals surface area contributed by atoms with E-state index in [1.165, 1.54) is 0 Å². The molecule has 2 nitrogen and oxygen atoms in total. The van der Waals surface area contributed by atoms with Crippen molar-refractivity contribution in [1.29, 1.82) is 0 Å². The Bertz CT molecular complexity index is 299.